The van der Waals surface area contributed by atoms with Crippen molar-refractivity contribution in [2.45, 2.75) is 19.5 Å². The van der Waals surface area contributed by atoms with E-state index in [1.54, 1.807) is 18.2 Å². The molecule has 3 aromatic rings. The number of oxazole rings is 1. The zero-order chi connectivity index (χ0) is 19.6. The lowest BCUT2D eigenvalue weighted by atomic mass is 10.2. The van der Waals surface area contributed by atoms with Crippen LogP contribution in [0.25, 0.3) is 11.1 Å². The molecule has 2 aromatic heterocycles. The van der Waals surface area contributed by atoms with Crippen molar-refractivity contribution in [1.82, 2.24) is 9.97 Å². The number of aromatic nitrogens is 2. The number of carbonyl (C=O) groups excluding carboxylic acids is 1. The minimum absolute atomic E-state index is 0.0638. The van der Waals surface area contributed by atoms with Gasteiger partial charge in [0, 0.05) is 18.3 Å². The van der Waals surface area contributed by atoms with Crippen LogP contribution in [-0.4, -0.2) is 28.7 Å². The van der Waals surface area contributed by atoms with Crippen LogP contribution >= 0.6 is 11.6 Å². The molecule has 0 atom stereocenters. The van der Waals surface area contributed by atoms with Crippen LogP contribution < -0.4 is 10.1 Å². The maximum absolute atomic E-state index is 12.3. The number of ether oxygens (including phenoxy) is 1. The van der Waals surface area contributed by atoms with E-state index >= 15 is 0 Å². The molecule has 27 heavy (non-hydrogen) atoms. The number of pyridine rings is 1. The van der Waals surface area contributed by atoms with E-state index < -0.39 is 24.6 Å². The van der Waals surface area contributed by atoms with E-state index in [0.717, 1.165) is 6.20 Å². The predicted octanol–water partition coefficient (Wildman–Crippen LogP) is 4.63. The van der Waals surface area contributed by atoms with Crippen molar-refractivity contribution in [3.05, 3.63) is 46.9 Å². The summed E-state index contributed by atoms with van der Waals surface area (Å²) in [7, 11) is 0. The molecule has 142 valence electrons. The van der Waals surface area contributed by atoms with E-state index in [0.29, 0.717) is 29.1 Å². The quantitative estimate of drug-likeness (QED) is 0.676. The molecule has 10 heteroatoms. The number of hydrogen-bond acceptors (Lipinski definition) is 5. The smallest absolute Gasteiger partial charge is 0.422 e. The van der Waals surface area contributed by atoms with Gasteiger partial charge in [-0.25, -0.2) is 9.97 Å². The van der Waals surface area contributed by atoms with Gasteiger partial charge in [0.15, 0.2) is 18.1 Å². The highest BCUT2D eigenvalue weighted by Crippen LogP contribution is 2.26. The monoisotopic (exact) mass is 399 g/mol. The van der Waals surface area contributed by atoms with Gasteiger partial charge in [0.25, 0.3) is 5.91 Å². The van der Waals surface area contributed by atoms with Gasteiger partial charge in [0.05, 0.1) is 5.56 Å². The second-order valence-corrected chi connectivity index (χ2v) is 5.92. The van der Waals surface area contributed by atoms with Crippen molar-refractivity contribution in [2.75, 3.05) is 11.9 Å². The Hall–Kier alpha value is -2.81. The normalized spacial score (nSPS) is 11.6. The first kappa shape index (κ1) is 19.0. The molecule has 1 aromatic carbocycles. The van der Waals surface area contributed by atoms with Crippen LogP contribution in [-0.2, 0) is 6.42 Å². The SMILES string of the molecule is CCc1nc2cc(NC(=O)c3cnc(OCC(F)(F)F)c(Cl)c3)ccc2o1. The molecule has 2 heterocycles. The van der Waals surface area contributed by atoms with Crippen molar-refractivity contribution in [3.8, 4) is 5.88 Å². The van der Waals surface area contributed by atoms with Gasteiger partial charge in [-0.05, 0) is 24.3 Å². The summed E-state index contributed by atoms with van der Waals surface area (Å²) in [6.07, 6.45) is -2.79. The zero-order valence-corrected chi connectivity index (χ0v) is 14.7. The number of nitrogens with zero attached hydrogens (tertiary/aromatic N) is 2. The molecule has 0 saturated heterocycles. The van der Waals surface area contributed by atoms with Crippen molar-refractivity contribution in [1.29, 1.82) is 0 Å². The van der Waals surface area contributed by atoms with Gasteiger partial charge in [-0.3, -0.25) is 4.79 Å². The van der Waals surface area contributed by atoms with Gasteiger partial charge in [0.1, 0.15) is 10.5 Å². The third-order valence-electron chi connectivity index (χ3n) is 3.43. The Labute approximate surface area is 156 Å². The Kier molecular flexibility index (Phi) is 5.22. The number of nitrogens with one attached hydrogen (secondary N) is 1. The Bertz CT molecular complexity index is 988. The summed E-state index contributed by atoms with van der Waals surface area (Å²) < 4.78 is 46.5. The summed E-state index contributed by atoms with van der Waals surface area (Å²) in [6.45, 7) is 0.384. The molecule has 0 unspecified atom stereocenters. The number of fused-ring (bicyclic) bond motifs is 1. The number of amides is 1. The minimum atomic E-state index is -4.52. The number of aryl methyl sites for hydroxylation is 1. The first-order chi connectivity index (χ1) is 12.7. The number of carbonyl (C=O) groups is 1. The molecule has 0 spiro atoms. The summed E-state index contributed by atoms with van der Waals surface area (Å²) in [5, 5.41) is 2.44. The van der Waals surface area contributed by atoms with Crippen molar-refractivity contribution >= 4 is 34.3 Å². The molecule has 0 saturated carbocycles. The molecule has 0 radical (unpaired) electrons. The number of halogens is 4. The Balaban J connectivity index is 1.73. The van der Waals surface area contributed by atoms with E-state index in [1.165, 1.54) is 6.07 Å². The molecule has 0 aliphatic rings. The topological polar surface area (TPSA) is 77.2 Å². The molecule has 1 N–H and O–H groups in total. The molecule has 3 rings (SSSR count). The molecular weight excluding hydrogens is 387 g/mol. The van der Waals surface area contributed by atoms with Gasteiger partial charge < -0.3 is 14.5 Å². The average Bonchev–Trinajstić information content (AvgIpc) is 3.02. The number of alkyl halides is 3. The predicted molar refractivity (Wildman–Crippen MR) is 92.1 cm³/mol. The molecule has 0 fully saturated rings. The largest absolute Gasteiger partial charge is 0.467 e. The number of hydrogen-bond donors (Lipinski definition) is 1. The van der Waals surface area contributed by atoms with Gasteiger partial charge in [-0.2, -0.15) is 13.2 Å². The fraction of sp³-hybridized carbons (Fsp3) is 0.235. The second-order valence-electron chi connectivity index (χ2n) is 5.51. The van der Waals surface area contributed by atoms with E-state index in [-0.39, 0.29) is 10.6 Å². The van der Waals surface area contributed by atoms with Gasteiger partial charge in [-0.15, -0.1) is 0 Å². The lowest BCUT2D eigenvalue weighted by Crippen LogP contribution is -2.20. The molecule has 0 bridgehead atoms. The Morgan fingerprint density at radius 2 is 2.11 bits per heavy atom. The molecule has 0 aliphatic carbocycles. The fourth-order valence-electron chi connectivity index (χ4n) is 2.21. The van der Waals surface area contributed by atoms with Crippen molar-refractivity contribution in [3.63, 3.8) is 0 Å². The molecule has 6 nitrogen and oxygen atoms in total. The van der Waals surface area contributed by atoms with E-state index in [9.17, 15) is 18.0 Å². The maximum Gasteiger partial charge on any atom is 0.422 e. The van der Waals surface area contributed by atoms with E-state index in [2.05, 4.69) is 20.0 Å². The molecular formula is C17H13ClF3N3O3. The van der Waals surface area contributed by atoms with Gasteiger partial charge in [-0.1, -0.05) is 18.5 Å². The minimum Gasteiger partial charge on any atom is -0.467 e. The second kappa shape index (κ2) is 7.43. The highest BCUT2D eigenvalue weighted by atomic mass is 35.5. The van der Waals surface area contributed by atoms with Crippen molar-refractivity contribution in [2.24, 2.45) is 0 Å². The van der Waals surface area contributed by atoms with Crippen LogP contribution in [0.15, 0.2) is 34.9 Å². The highest BCUT2D eigenvalue weighted by Gasteiger charge is 2.29. The zero-order valence-electron chi connectivity index (χ0n) is 13.9. The third kappa shape index (κ3) is 4.68. The third-order valence-corrected chi connectivity index (χ3v) is 3.71. The van der Waals surface area contributed by atoms with E-state index in [4.69, 9.17) is 16.0 Å². The standard InChI is InChI=1S/C17H13ClF3N3O3/c1-2-14-24-12-6-10(3-4-13(12)27-14)23-15(25)9-5-11(18)16(22-7-9)26-8-17(19,20)21/h3-7H,2,8H2,1H3,(H,23,25). The van der Waals surface area contributed by atoms with Crippen LogP contribution in [0.2, 0.25) is 5.02 Å². The Morgan fingerprint density at radius 3 is 2.78 bits per heavy atom. The van der Waals surface area contributed by atoms with Gasteiger partial charge in [0.2, 0.25) is 5.88 Å². The van der Waals surface area contributed by atoms with E-state index in [1.807, 2.05) is 6.92 Å². The fourth-order valence-corrected chi connectivity index (χ4v) is 2.43. The van der Waals surface area contributed by atoms with Crippen LogP contribution in [0.1, 0.15) is 23.2 Å². The molecule has 1 amide bonds. The average molecular weight is 400 g/mol. The van der Waals surface area contributed by atoms with Crippen LogP contribution in [0, 0.1) is 0 Å². The lowest BCUT2D eigenvalue weighted by Gasteiger charge is -2.10. The molecule has 0 aliphatic heterocycles. The Morgan fingerprint density at radius 1 is 1.33 bits per heavy atom. The summed E-state index contributed by atoms with van der Waals surface area (Å²) in [4.78, 5) is 20.3. The van der Waals surface area contributed by atoms with Crippen LogP contribution in [0.3, 0.4) is 0 Å². The number of benzene rings is 1. The summed E-state index contributed by atoms with van der Waals surface area (Å²) in [5.41, 5.74) is 1.73. The number of anilines is 1. The first-order valence-corrected chi connectivity index (χ1v) is 8.19. The summed E-state index contributed by atoms with van der Waals surface area (Å²) in [5.74, 6) is -0.356. The highest BCUT2D eigenvalue weighted by molar-refractivity contribution is 6.32. The summed E-state index contributed by atoms with van der Waals surface area (Å²) >= 11 is 5.84. The summed E-state index contributed by atoms with van der Waals surface area (Å²) in [6, 6.07) is 6.14. The van der Waals surface area contributed by atoms with Crippen LogP contribution in [0.4, 0.5) is 18.9 Å². The maximum atomic E-state index is 12.3. The number of rotatable bonds is 5. The van der Waals surface area contributed by atoms with Gasteiger partial charge >= 0.3 is 6.18 Å². The van der Waals surface area contributed by atoms with Crippen molar-refractivity contribution < 1.29 is 27.1 Å². The lowest BCUT2D eigenvalue weighted by molar-refractivity contribution is -0.154. The first-order valence-electron chi connectivity index (χ1n) is 7.81. The van der Waals surface area contributed by atoms with Crippen LogP contribution in [0.5, 0.6) is 5.88 Å².